The van der Waals surface area contributed by atoms with Crippen LogP contribution in [0.25, 0.3) is 0 Å². The Labute approximate surface area is 93.0 Å². The Bertz CT molecular complexity index is 448. The van der Waals surface area contributed by atoms with Gasteiger partial charge < -0.3 is 21.3 Å². The van der Waals surface area contributed by atoms with Crippen molar-refractivity contribution in [3.63, 3.8) is 0 Å². The first-order valence-electron chi connectivity index (χ1n) is 4.23. The Balaban J connectivity index is 3.37. The number of nitrogens with zero attached hydrogens (tertiary/aromatic N) is 1. The van der Waals surface area contributed by atoms with E-state index in [2.05, 4.69) is 9.72 Å². The third-order valence-electron chi connectivity index (χ3n) is 1.71. The number of anilines is 1. The molecular formula is C8H8F3N3O3. The van der Waals surface area contributed by atoms with Crippen LogP contribution in [0.5, 0.6) is 5.75 Å². The summed E-state index contributed by atoms with van der Waals surface area (Å²) >= 11 is 0. The third kappa shape index (κ3) is 3.21. The number of carboxylic acids is 1. The van der Waals surface area contributed by atoms with Gasteiger partial charge in [0.15, 0.2) is 11.4 Å². The highest BCUT2D eigenvalue weighted by Crippen LogP contribution is 2.30. The lowest BCUT2D eigenvalue weighted by molar-refractivity contribution is -0.275. The van der Waals surface area contributed by atoms with E-state index in [1.165, 1.54) is 0 Å². The highest BCUT2D eigenvalue weighted by atomic mass is 19.4. The van der Waals surface area contributed by atoms with Gasteiger partial charge in [0.1, 0.15) is 5.82 Å². The van der Waals surface area contributed by atoms with Crippen LogP contribution in [0.4, 0.5) is 19.0 Å². The van der Waals surface area contributed by atoms with Gasteiger partial charge in [0.25, 0.3) is 0 Å². The van der Waals surface area contributed by atoms with Gasteiger partial charge in [-0.05, 0) is 6.07 Å². The maximum absolute atomic E-state index is 12.1. The van der Waals surface area contributed by atoms with Crippen LogP contribution in [0.3, 0.4) is 0 Å². The molecule has 17 heavy (non-hydrogen) atoms. The van der Waals surface area contributed by atoms with E-state index in [0.717, 1.165) is 6.07 Å². The molecule has 0 aromatic carbocycles. The first-order chi connectivity index (χ1) is 7.74. The summed E-state index contributed by atoms with van der Waals surface area (Å²) in [7, 11) is 0. The first-order valence-corrected chi connectivity index (χ1v) is 4.23. The molecule has 0 fully saturated rings. The summed E-state index contributed by atoms with van der Waals surface area (Å²) < 4.78 is 39.9. The van der Waals surface area contributed by atoms with Crippen molar-refractivity contribution < 1.29 is 27.8 Å². The zero-order chi connectivity index (χ0) is 13.2. The van der Waals surface area contributed by atoms with E-state index in [0.29, 0.717) is 0 Å². The molecule has 0 aliphatic carbocycles. The molecule has 0 aliphatic heterocycles. The Morgan fingerprint density at radius 2 is 2.12 bits per heavy atom. The highest BCUT2D eigenvalue weighted by molar-refractivity contribution is 5.89. The van der Waals surface area contributed by atoms with Gasteiger partial charge in [0.05, 0.1) is 0 Å². The largest absolute Gasteiger partial charge is 0.573 e. The average Bonchev–Trinajstić information content (AvgIpc) is 2.17. The standard InChI is InChI=1S/C8H8F3N3O3/c9-8(10,11)17-6-3(2-12)1-4(13)14-5(6)7(15)16/h1H,2,12H2,(H2,13,14)(H,15,16). The van der Waals surface area contributed by atoms with Gasteiger partial charge in [-0.25, -0.2) is 9.78 Å². The van der Waals surface area contributed by atoms with Gasteiger partial charge in [-0.15, -0.1) is 13.2 Å². The SMILES string of the molecule is NCc1cc(N)nc(C(=O)O)c1OC(F)(F)F. The first kappa shape index (κ1) is 13.0. The van der Waals surface area contributed by atoms with Crippen molar-refractivity contribution >= 4 is 11.8 Å². The smallest absolute Gasteiger partial charge is 0.476 e. The molecule has 1 aromatic rings. The summed E-state index contributed by atoms with van der Waals surface area (Å²) in [6.07, 6.45) is -5.04. The number of hydrogen-bond donors (Lipinski definition) is 3. The maximum atomic E-state index is 12.1. The average molecular weight is 251 g/mol. The van der Waals surface area contributed by atoms with Crippen molar-refractivity contribution in [1.29, 1.82) is 0 Å². The van der Waals surface area contributed by atoms with Crippen LogP contribution >= 0.6 is 0 Å². The van der Waals surface area contributed by atoms with E-state index in [1.807, 2.05) is 0 Å². The molecule has 0 spiro atoms. The van der Waals surface area contributed by atoms with Crippen molar-refractivity contribution in [2.75, 3.05) is 5.73 Å². The fourth-order valence-electron chi connectivity index (χ4n) is 1.13. The van der Waals surface area contributed by atoms with Crippen molar-refractivity contribution in [1.82, 2.24) is 4.98 Å². The molecule has 0 unspecified atom stereocenters. The predicted octanol–water partition coefficient (Wildman–Crippen LogP) is 0.719. The molecule has 0 saturated carbocycles. The number of ether oxygens (including phenoxy) is 1. The van der Waals surface area contributed by atoms with Crippen LogP contribution in [-0.4, -0.2) is 22.4 Å². The van der Waals surface area contributed by atoms with E-state index in [1.54, 1.807) is 0 Å². The summed E-state index contributed by atoms with van der Waals surface area (Å²) in [6, 6.07) is 1.02. The number of alkyl halides is 3. The van der Waals surface area contributed by atoms with E-state index in [-0.39, 0.29) is 17.9 Å². The molecule has 1 aromatic heterocycles. The highest BCUT2D eigenvalue weighted by Gasteiger charge is 2.35. The monoisotopic (exact) mass is 251 g/mol. The molecule has 94 valence electrons. The molecule has 0 amide bonds. The van der Waals surface area contributed by atoms with Crippen molar-refractivity contribution in [2.45, 2.75) is 12.9 Å². The topological polar surface area (TPSA) is 111 Å². The maximum Gasteiger partial charge on any atom is 0.573 e. The van der Waals surface area contributed by atoms with Gasteiger partial charge in [-0.3, -0.25) is 0 Å². The fraction of sp³-hybridized carbons (Fsp3) is 0.250. The second kappa shape index (κ2) is 4.45. The lowest BCUT2D eigenvalue weighted by Gasteiger charge is -2.14. The van der Waals surface area contributed by atoms with E-state index in [9.17, 15) is 18.0 Å². The van der Waals surface area contributed by atoms with Gasteiger partial charge >= 0.3 is 12.3 Å². The zero-order valence-electron chi connectivity index (χ0n) is 8.28. The Kier molecular flexibility index (Phi) is 3.42. The number of aromatic carboxylic acids is 1. The van der Waals surface area contributed by atoms with Crippen molar-refractivity contribution in [3.05, 3.63) is 17.3 Å². The van der Waals surface area contributed by atoms with Gasteiger partial charge in [0.2, 0.25) is 0 Å². The summed E-state index contributed by atoms with van der Waals surface area (Å²) in [5.74, 6) is -2.88. The van der Waals surface area contributed by atoms with Crippen LogP contribution in [-0.2, 0) is 6.54 Å². The Morgan fingerprint density at radius 3 is 2.53 bits per heavy atom. The number of nitrogens with two attached hydrogens (primary N) is 2. The van der Waals surface area contributed by atoms with Crippen LogP contribution in [0.2, 0.25) is 0 Å². The summed E-state index contributed by atoms with van der Waals surface area (Å²) in [5.41, 5.74) is 9.31. The molecule has 0 atom stereocenters. The van der Waals surface area contributed by atoms with E-state index >= 15 is 0 Å². The molecule has 0 bridgehead atoms. The molecule has 9 heteroatoms. The second-order valence-electron chi connectivity index (χ2n) is 2.94. The third-order valence-corrected chi connectivity index (χ3v) is 1.71. The number of nitrogen functional groups attached to an aromatic ring is 1. The van der Waals surface area contributed by atoms with Crippen LogP contribution in [0.1, 0.15) is 16.1 Å². The molecule has 6 nitrogen and oxygen atoms in total. The quantitative estimate of drug-likeness (QED) is 0.729. The molecule has 0 saturated heterocycles. The van der Waals surface area contributed by atoms with E-state index in [4.69, 9.17) is 16.6 Å². The normalized spacial score (nSPS) is 11.3. The summed E-state index contributed by atoms with van der Waals surface area (Å²) in [4.78, 5) is 14.0. The van der Waals surface area contributed by atoms with Gasteiger partial charge in [-0.1, -0.05) is 0 Å². The number of carboxylic acid groups (broad SMARTS) is 1. The molecular weight excluding hydrogens is 243 g/mol. The van der Waals surface area contributed by atoms with Crippen molar-refractivity contribution in [3.8, 4) is 5.75 Å². The fourth-order valence-corrected chi connectivity index (χ4v) is 1.13. The molecule has 0 aliphatic rings. The number of rotatable bonds is 3. The second-order valence-corrected chi connectivity index (χ2v) is 2.94. The Morgan fingerprint density at radius 1 is 1.53 bits per heavy atom. The lowest BCUT2D eigenvalue weighted by Crippen LogP contribution is -2.22. The molecule has 5 N–H and O–H groups in total. The number of aromatic nitrogens is 1. The number of hydrogen-bond acceptors (Lipinski definition) is 5. The predicted molar refractivity (Wildman–Crippen MR) is 50.2 cm³/mol. The van der Waals surface area contributed by atoms with Gasteiger partial charge in [-0.2, -0.15) is 0 Å². The lowest BCUT2D eigenvalue weighted by atomic mass is 10.2. The van der Waals surface area contributed by atoms with Crippen LogP contribution < -0.4 is 16.2 Å². The summed E-state index contributed by atoms with van der Waals surface area (Å²) in [6.45, 7) is -0.363. The van der Waals surface area contributed by atoms with Gasteiger partial charge in [0, 0.05) is 12.1 Å². The minimum absolute atomic E-state index is 0.188. The minimum Gasteiger partial charge on any atom is -0.476 e. The van der Waals surface area contributed by atoms with E-state index < -0.39 is 23.8 Å². The number of carbonyl (C=O) groups is 1. The number of halogens is 3. The molecule has 1 heterocycles. The summed E-state index contributed by atoms with van der Waals surface area (Å²) in [5, 5.41) is 8.70. The van der Waals surface area contributed by atoms with Crippen molar-refractivity contribution in [2.24, 2.45) is 5.73 Å². The molecule has 1 rings (SSSR count). The zero-order valence-corrected chi connectivity index (χ0v) is 8.28. The number of pyridine rings is 1. The minimum atomic E-state index is -5.04. The van der Waals surface area contributed by atoms with Crippen LogP contribution in [0, 0.1) is 0 Å². The molecule has 0 radical (unpaired) electrons. The van der Waals surface area contributed by atoms with Crippen LogP contribution in [0.15, 0.2) is 6.07 Å². The Hall–Kier alpha value is -2.03.